The molecule has 0 aliphatic carbocycles. The average molecular weight is 383 g/mol. The third kappa shape index (κ3) is 2.98. The number of nitrogens with two attached hydrogens (primary N) is 1. The van der Waals surface area contributed by atoms with Crippen molar-refractivity contribution in [1.82, 2.24) is 15.2 Å². The molecular formula is C20H25N5O3. The van der Waals surface area contributed by atoms with E-state index in [1.54, 1.807) is 12.3 Å². The van der Waals surface area contributed by atoms with Gasteiger partial charge in [-0.25, -0.2) is 9.78 Å². The summed E-state index contributed by atoms with van der Waals surface area (Å²) >= 11 is 0. The zero-order chi connectivity index (χ0) is 20.0. The van der Waals surface area contributed by atoms with Gasteiger partial charge >= 0.3 is 6.03 Å². The molecule has 4 rings (SSSR count). The molecule has 0 spiro atoms. The van der Waals surface area contributed by atoms with Gasteiger partial charge in [0.25, 0.3) is 5.91 Å². The lowest BCUT2D eigenvalue weighted by molar-refractivity contribution is 0.0994. The van der Waals surface area contributed by atoms with Crippen LogP contribution >= 0.6 is 0 Å². The van der Waals surface area contributed by atoms with E-state index in [1.165, 1.54) is 0 Å². The van der Waals surface area contributed by atoms with Gasteiger partial charge in [-0.3, -0.25) is 4.79 Å². The first-order valence-electron chi connectivity index (χ1n) is 9.60. The fraction of sp³-hybridized carbons (Fsp3) is 0.450. The molecule has 3 amide bonds. The summed E-state index contributed by atoms with van der Waals surface area (Å²) in [5.41, 5.74) is 5.92. The van der Waals surface area contributed by atoms with Gasteiger partial charge in [0, 0.05) is 31.2 Å². The number of benzene rings is 1. The average Bonchev–Trinajstić information content (AvgIpc) is 3.16. The Bertz CT molecular complexity index is 945. The van der Waals surface area contributed by atoms with Crippen LogP contribution in [0.2, 0.25) is 0 Å². The summed E-state index contributed by atoms with van der Waals surface area (Å²) in [6.45, 7) is 7.88. The molecular weight excluding hydrogens is 358 g/mol. The Balaban J connectivity index is 1.74. The molecule has 1 aromatic carbocycles. The number of nitrogens with zero attached hydrogens (tertiary/aromatic N) is 3. The lowest BCUT2D eigenvalue weighted by atomic mass is 10.1. The number of pyridine rings is 1. The first kappa shape index (κ1) is 18.3. The molecule has 8 heteroatoms. The van der Waals surface area contributed by atoms with Crippen molar-refractivity contribution in [2.45, 2.75) is 39.0 Å². The molecule has 8 nitrogen and oxygen atoms in total. The van der Waals surface area contributed by atoms with Gasteiger partial charge in [0.1, 0.15) is 11.6 Å². The molecule has 2 unspecified atom stereocenters. The summed E-state index contributed by atoms with van der Waals surface area (Å²) in [6.07, 6.45) is 1.64. The number of ether oxygens (including phenoxy) is 1. The van der Waals surface area contributed by atoms with Gasteiger partial charge in [0.2, 0.25) is 0 Å². The van der Waals surface area contributed by atoms with Crippen LogP contribution in [-0.2, 0) is 0 Å². The molecule has 2 saturated heterocycles. The second kappa shape index (κ2) is 6.85. The third-order valence-electron chi connectivity index (χ3n) is 5.37. The Labute approximate surface area is 163 Å². The fourth-order valence-electron chi connectivity index (χ4n) is 4.17. The number of primary amides is 1. The molecule has 1 aromatic heterocycles. The molecule has 148 valence electrons. The van der Waals surface area contributed by atoms with Gasteiger partial charge in [0.05, 0.1) is 23.8 Å². The smallest absolute Gasteiger partial charge is 0.318 e. The van der Waals surface area contributed by atoms with Crippen molar-refractivity contribution in [2.75, 3.05) is 24.5 Å². The largest absolute Gasteiger partial charge is 0.490 e. The Morgan fingerprint density at radius 3 is 2.86 bits per heavy atom. The molecule has 2 fully saturated rings. The summed E-state index contributed by atoms with van der Waals surface area (Å²) in [4.78, 5) is 32.6. The van der Waals surface area contributed by atoms with Crippen LogP contribution in [-0.4, -0.2) is 59.6 Å². The SMILES string of the molecule is CCN1C(=O)NC2CN(c3nccc4cc(C(N)=O)c(OC(C)C)cc34)CC21. The highest BCUT2D eigenvalue weighted by atomic mass is 16.5. The molecule has 0 bridgehead atoms. The Morgan fingerprint density at radius 2 is 2.18 bits per heavy atom. The predicted octanol–water partition coefficient (Wildman–Crippen LogP) is 1.72. The normalized spacial score (nSPS) is 21.4. The maximum atomic E-state index is 12.0. The van der Waals surface area contributed by atoms with Crippen LogP contribution in [0.4, 0.5) is 10.6 Å². The topological polar surface area (TPSA) is 101 Å². The lowest BCUT2D eigenvalue weighted by Crippen LogP contribution is -2.38. The summed E-state index contributed by atoms with van der Waals surface area (Å²) < 4.78 is 5.84. The molecule has 0 saturated carbocycles. The molecule has 3 N–H and O–H groups in total. The number of rotatable bonds is 5. The molecule has 2 aromatic rings. The maximum absolute atomic E-state index is 12.0. The van der Waals surface area contributed by atoms with Gasteiger partial charge in [0.15, 0.2) is 0 Å². The van der Waals surface area contributed by atoms with Crippen molar-refractivity contribution < 1.29 is 14.3 Å². The minimum atomic E-state index is -0.520. The highest BCUT2D eigenvalue weighted by molar-refractivity contribution is 6.03. The second-order valence-electron chi connectivity index (χ2n) is 7.55. The first-order chi connectivity index (χ1) is 13.4. The van der Waals surface area contributed by atoms with Gasteiger partial charge in [-0.1, -0.05) is 0 Å². The summed E-state index contributed by atoms with van der Waals surface area (Å²) in [5, 5.41) is 4.84. The Hall–Kier alpha value is -3.03. The molecule has 2 aliphatic heterocycles. The van der Waals surface area contributed by atoms with Crippen LogP contribution < -0.4 is 20.7 Å². The van der Waals surface area contributed by atoms with Crippen molar-refractivity contribution in [2.24, 2.45) is 5.73 Å². The van der Waals surface area contributed by atoms with E-state index < -0.39 is 5.91 Å². The number of carbonyl (C=O) groups is 2. The van der Waals surface area contributed by atoms with E-state index in [4.69, 9.17) is 10.5 Å². The number of aromatic nitrogens is 1. The van der Waals surface area contributed by atoms with Gasteiger partial charge < -0.3 is 25.6 Å². The molecule has 28 heavy (non-hydrogen) atoms. The van der Waals surface area contributed by atoms with Crippen molar-refractivity contribution in [3.05, 3.63) is 30.0 Å². The van der Waals surface area contributed by atoms with E-state index in [1.807, 2.05) is 37.8 Å². The van der Waals surface area contributed by atoms with Crippen LogP contribution in [0.25, 0.3) is 10.8 Å². The summed E-state index contributed by atoms with van der Waals surface area (Å²) in [5.74, 6) is 0.766. The molecule has 3 heterocycles. The number of nitrogens with one attached hydrogen (secondary N) is 1. The van der Waals surface area contributed by atoms with Crippen molar-refractivity contribution >= 4 is 28.5 Å². The highest BCUT2D eigenvalue weighted by Crippen LogP contribution is 2.34. The van der Waals surface area contributed by atoms with Crippen molar-refractivity contribution in [3.8, 4) is 5.75 Å². The third-order valence-corrected chi connectivity index (χ3v) is 5.37. The van der Waals surface area contributed by atoms with Crippen LogP contribution in [0.3, 0.4) is 0 Å². The Morgan fingerprint density at radius 1 is 1.39 bits per heavy atom. The van der Waals surface area contributed by atoms with E-state index >= 15 is 0 Å². The van der Waals surface area contributed by atoms with Gasteiger partial charge in [-0.2, -0.15) is 0 Å². The maximum Gasteiger partial charge on any atom is 0.318 e. The number of amides is 3. The molecule has 2 aliphatic rings. The van der Waals surface area contributed by atoms with E-state index in [9.17, 15) is 9.59 Å². The van der Waals surface area contributed by atoms with E-state index in [0.717, 1.165) is 16.6 Å². The second-order valence-corrected chi connectivity index (χ2v) is 7.55. The quantitative estimate of drug-likeness (QED) is 0.819. The van der Waals surface area contributed by atoms with Crippen LogP contribution in [0.5, 0.6) is 5.75 Å². The number of anilines is 1. The standard InChI is InChI=1S/C20H25N5O3/c1-4-25-16-10-24(9-15(16)23-20(25)27)19-13-8-17(28-11(2)3)14(18(21)26)7-12(13)5-6-22-19/h5-8,11,15-16H,4,9-10H2,1-3H3,(H2,21,26)(H,23,27). The Kier molecular flexibility index (Phi) is 4.49. The van der Waals surface area contributed by atoms with E-state index in [0.29, 0.717) is 30.9 Å². The number of hydrogen-bond acceptors (Lipinski definition) is 5. The van der Waals surface area contributed by atoms with Crippen molar-refractivity contribution in [3.63, 3.8) is 0 Å². The van der Waals surface area contributed by atoms with E-state index in [-0.39, 0.29) is 24.2 Å². The van der Waals surface area contributed by atoms with Gasteiger partial charge in [-0.05, 0) is 44.4 Å². The van der Waals surface area contributed by atoms with Gasteiger partial charge in [-0.15, -0.1) is 0 Å². The predicted molar refractivity (Wildman–Crippen MR) is 107 cm³/mol. The molecule has 2 atom stereocenters. The number of carbonyl (C=O) groups excluding carboxylic acids is 2. The minimum absolute atomic E-state index is 0.00162. The zero-order valence-electron chi connectivity index (χ0n) is 16.3. The first-order valence-corrected chi connectivity index (χ1v) is 9.60. The van der Waals surface area contributed by atoms with E-state index in [2.05, 4.69) is 15.2 Å². The highest BCUT2D eigenvalue weighted by Gasteiger charge is 2.45. The zero-order valence-corrected chi connectivity index (χ0v) is 16.3. The van der Waals surface area contributed by atoms with Crippen LogP contribution in [0.15, 0.2) is 24.4 Å². The number of urea groups is 1. The van der Waals surface area contributed by atoms with Crippen LogP contribution in [0.1, 0.15) is 31.1 Å². The number of likely N-dealkylation sites (N-methyl/N-ethyl adjacent to an activating group) is 1. The fourth-order valence-corrected chi connectivity index (χ4v) is 4.17. The van der Waals surface area contributed by atoms with Crippen LogP contribution in [0, 0.1) is 0 Å². The summed E-state index contributed by atoms with van der Waals surface area (Å²) in [6, 6.07) is 5.69. The minimum Gasteiger partial charge on any atom is -0.490 e. The summed E-state index contributed by atoms with van der Waals surface area (Å²) in [7, 11) is 0. The molecule has 0 radical (unpaired) electrons. The number of fused-ring (bicyclic) bond motifs is 2. The monoisotopic (exact) mass is 383 g/mol. The van der Waals surface area contributed by atoms with Crippen molar-refractivity contribution in [1.29, 1.82) is 0 Å². The number of hydrogen-bond donors (Lipinski definition) is 2. The lowest BCUT2D eigenvalue weighted by Gasteiger charge is -2.24.